The predicted molar refractivity (Wildman–Crippen MR) is 63.4 cm³/mol. The van der Waals surface area contributed by atoms with Crippen LogP contribution in [0.3, 0.4) is 0 Å². The normalized spacial score (nSPS) is 10.1. The van der Waals surface area contributed by atoms with Gasteiger partial charge in [-0.15, -0.1) is 11.3 Å². The highest BCUT2D eigenvalue weighted by Gasteiger charge is 2.15. The lowest BCUT2D eigenvalue weighted by Crippen LogP contribution is -1.95. The summed E-state index contributed by atoms with van der Waals surface area (Å²) in [5, 5.41) is 21.3. The third-order valence-electron chi connectivity index (χ3n) is 2.23. The number of benzene rings is 1. The van der Waals surface area contributed by atoms with Gasteiger partial charge in [-0.2, -0.15) is 0 Å². The van der Waals surface area contributed by atoms with E-state index < -0.39 is 10.9 Å². The number of hydrogen-bond donors (Lipinski definition) is 1. The first-order valence-electron chi connectivity index (χ1n) is 4.65. The molecule has 2 aromatic rings. The van der Waals surface area contributed by atoms with Crippen LogP contribution in [0.1, 0.15) is 9.67 Å². The first-order chi connectivity index (χ1) is 8.09. The molecule has 0 aliphatic rings. The number of nitrogens with zero attached hydrogens (tertiary/aromatic N) is 1. The number of aromatic carboxylic acids is 1. The van der Waals surface area contributed by atoms with Gasteiger partial charge in [0.15, 0.2) is 0 Å². The van der Waals surface area contributed by atoms with E-state index in [2.05, 4.69) is 0 Å². The topological polar surface area (TPSA) is 80.4 Å². The number of hydrogen-bond acceptors (Lipinski definition) is 4. The van der Waals surface area contributed by atoms with E-state index in [4.69, 9.17) is 5.11 Å². The summed E-state index contributed by atoms with van der Waals surface area (Å²) < 4.78 is 0. The minimum Gasteiger partial charge on any atom is -0.477 e. The average molecular weight is 249 g/mol. The van der Waals surface area contributed by atoms with Crippen molar-refractivity contribution in [3.63, 3.8) is 0 Å². The molecule has 0 saturated carbocycles. The second-order valence-electron chi connectivity index (χ2n) is 3.28. The number of non-ortho nitro benzene ring substituents is 1. The first kappa shape index (κ1) is 11.3. The number of rotatable bonds is 3. The Morgan fingerprint density at radius 3 is 2.76 bits per heavy atom. The van der Waals surface area contributed by atoms with E-state index in [1.165, 1.54) is 18.2 Å². The summed E-state index contributed by atoms with van der Waals surface area (Å²) in [5.74, 6) is -1.03. The Hall–Kier alpha value is -2.21. The number of carbonyl (C=O) groups is 1. The average Bonchev–Trinajstić information content (AvgIpc) is 2.78. The lowest BCUT2D eigenvalue weighted by Gasteiger charge is -2.00. The molecule has 0 fully saturated rings. The summed E-state index contributed by atoms with van der Waals surface area (Å²) in [4.78, 5) is 21.3. The quantitative estimate of drug-likeness (QED) is 0.669. The molecule has 1 N–H and O–H groups in total. The van der Waals surface area contributed by atoms with Gasteiger partial charge in [-0.05, 0) is 17.0 Å². The molecule has 6 heteroatoms. The van der Waals surface area contributed by atoms with E-state index in [9.17, 15) is 14.9 Å². The highest BCUT2D eigenvalue weighted by molar-refractivity contribution is 7.12. The molecule has 17 heavy (non-hydrogen) atoms. The minimum absolute atomic E-state index is 0.0509. The smallest absolute Gasteiger partial charge is 0.346 e. The predicted octanol–water partition coefficient (Wildman–Crippen LogP) is 3.02. The largest absolute Gasteiger partial charge is 0.477 e. The van der Waals surface area contributed by atoms with E-state index >= 15 is 0 Å². The van der Waals surface area contributed by atoms with Crippen molar-refractivity contribution >= 4 is 23.0 Å². The fourth-order valence-electron chi connectivity index (χ4n) is 1.49. The van der Waals surface area contributed by atoms with Crippen molar-refractivity contribution in [3.8, 4) is 11.1 Å². The molecule has 0 aliphatic carbocycles. The van der Waals surface area contributed by atoms with Gasteiger partial charge in [-0.1, -0.05) is 12.1 Å². The molecule has 0 spiro atoms. The zero-order valence-electron chi connectivity index (χ0n) is 8.49. The van der Waals surface area contributed by atoms with Crippen LogP contribution in [-0.4, -0.2) is 16.0 Å². The Bertz CT molecular complexity index is 591. The van der Waals surface area contributed by atoms with Crippen molar-refractivity contribution < 1.29 is 14.8 Å². The SMILES string of the molecule is O=C(O)c1sccc1-c1cccc([N+](=O)[O-])c1. The van der Waals surface area contributed by atoms with Gasteiger partial charge >= 0.3 is 5.97 Å². The molecule has 0 atom stereocenters. The minimum atomic E-state index is -1.03. The molecule has 2 rings (SSSR count). The Morgan fingerprint density at radius 2 is 2.12 bits per heavy atom. The monoisotopic (exact) mass is 249 g/mol. The molecular formula is C11H7NO4S. The third-order valence-corrected chi connectivity index (χ3v) is 3.13. The van der Waals surface area contributed by atoms with Gasteiger partial charge in [0.25, 0.3) is 5.69 Å². The van der Waals surface area contributed by atoms with Crippen molar-refractivity contribution in [2.45, 2.75) is 0 Å². The molecule has 0 saturated heterocycles. The summed E-state index contributed by atoms with van der Waals surface area (Å²) in [6.45, 7) is 0. The van der Waals surface area contributed by atoms with Crippen LogP contribution in [0.25, 0.3) is 11.1 Å². The van der Waals surface area contributed by atoms with Gasteiger partial charge in [-0.3, -0.25) is 10.1 Å². The summed E-state index contributed by atoms with van der Waals surface area (Å²) >= 11 is 1.10. The number of carboxylic acids is 1. The third kappa shape index (κ3) is 2.16. The number of nitro benzene ring substituents is 1. The fraction of sp³-hybridized carbons (Fsp3) is 0. The molecule has 1 heterocycles. The van der Waals surface area contributed by atoms with Crippen molar-refractivity contribution in [2.75, 3.05) is 0 Å². The molecule has 5 nitrogen and oxygen atoms in total. The number of nitro groups is 1. The van der Waals surface area contributed by atoms with Gasteiger partial charge in [0.2, 0.25) is 0 Å². The van der Waals surface area contributed by atoms with Crippen LogP contribution >= 0.6 is 11.3 Å². The van der Waals surface area contributed by atoms with Crippen LogP contribution in [0.15, 0.2) is 35.7 Å². The Kier molecular flexibility index (Phi) is 2.88. The van der Waals surface area contributed by atoms with Crippen molar-refractivity contribution in [2.24, 2.45) is 0 Å². The van der Waals surface area contributed by atoms with Crippen molar-refractivity contribution in [1.29, 1.82) is 0 Å². The molecule has 0 aliphatic heterocycles. The Labute approximate surface area is 100 Å². The van der Waals surface area contributed by atoms with Crippen molar-refractivity contribution in [1.82, 2.24) is 0 Å². The van der Waals surface area contributed by atoms with Crippen LogP contribution in [-0.2, 0) is 0 Å². The van der Waals surface area contributed by atoms with Crippen LogP contribution < -0.4 is 0 Å². The molecule has 0 amide bonds. The van der Waals surface area contributed by atoms with Gasteiger partial charge < -0.3 is 5.11 Å². The molecule has 1 aromatic carbocycles. The maximum Gasteiger partial charge on any atom is 0.346 e. The lowest BCUT2D eigenvalue weighted by molar-refractivity contribution is -0.384. The molecule has 0 bridgehead atoms. The zero-order chi connectivity index (χ0) is 12.4. The molecule has 1 aromatic heterocycles. The fourth-order valence-corrected chi connectivity index (χ4v) is 2.24. The van der Waals surface area contributed by atoms with E-state index in [1.54, 1.807) is 17.5 Å². The second-order valence-corrected chi connectivity index (χ2v) is 4.19. The summed E-state index contributed by atoms with van der Waals surface area (Å²) in [7, 11) is 0. The maximum atomic E-state index is 11.0. The summed E-state index contributed by atoms with van der Waals surface area (Å²) in [6.07, 6.45) is 0. The van der Waals surface area contributed by atoms with Crippen LogP contribution in [0.5, 0.6) is 0 Å². The van der Waals surface area contributed by atoms with E-state index in [0.717, 1.165) is 11.3 Å². The van der Waals surface area contributed by atoms with Crippen LogP contribution in [0.2, 0.25) is 0 Å². The van der Waals surface area contributed by atoms with Crippen molar-refractivity contribution in [3.05, 3.63) is 50.7 Å². The standard InChI is InChI=1S/C11H7NO4S/c13-11(14)10-9(4-5-17-10)7-2-1-3-8(6-7)12(15)16/h1-6H,(H,13,14). The Balaban J connectivity index is 2.53. The first-order valence-corrected chi connectivity index (χ1v) is 5.53. The highest BCUT2D eigenvalue weighted by atomic mass is 32.1. The van der Waals surface area contributed by atoms with Gasteiger partial charge in [0.1, 0.15) is 4.88 Å². The van der Waals surface area contributed by atoms with E-state index in [1.807, 2.05) is 0 Å². The molecular weight excluding hydrogens is 242 g/mol. The lowest BCUT2D eigenvalue weighted by atomic mass is 10.1. The molecule has 0 unspecified atom stereocenters. The van der Waals surface area contributed by atoms with Gasteiger partial charge in [0, 0.05) is 17.7 Å². The zero-order valence-corrected chi connectivity index (χ0v) is 9.31. The molecule has 0 radical (unpaired) electrons. The summed E-state index contributed by atoms with van der Waals surface area (Å²) in [5.41, 5.74) is 0.995. The van der Waals surface area contributed by atoms with E-state index in [-0.39, 0.29) is 10.6 Å². The van der Waals surface area contributed by atoms with Crippen LogP contribution in [0.4, 0.5) is 5.69 Å². The number of thiophene rings is 1. The maximum absolute atomic E-state index is 11.0. The second kappa shape index (κ2) is 4.34. The summed E-state index contributed by atoms with van der Waals surface area (Å²) in [6, 6.07) is 7.58. The highest BCUT2D eigenvalue weighted by Crippen LogP contribution is 2.30. The van der Waals surface area contributed by atoms with Gasteiger partial charge in [-0.25, -0.2) is 4.79 Å². The molecule has 86 valence electrons. The van der Waals surface area contributed by atoms with E-state index in [0.29, 0.717) is 11.1 Å². The Morgan fingerprint density at radius 1 is 1.35 bits per heavy atom. The van der Waals surface area contributed by atoms with Crippen LogP contribution in [0, 0.1) is 10.1 Å². The van der Waals surface area contributed by atoms with Gasteiger partial charge in [0.05, 0.1) is 4.92 Å². The number of carboxylic acid groups (broad SMARTS) is 1.